The first-order valence-corrected chi connectivity index (χ1v) is 8.35. The fourth-order valence-corrected chi connectivity index (χ4v) is 3.72. The predicted octanol–water partition coefficient (Wildman–Crippen LogP) is 3.42. The van der Waals surface area contributed by atoms with Crippen LogP contribution < -0.4 is 4.90 Å². The number of halogens is 1. The van der Waals surface area contributed by atoms with Crippen LogP contribution in [-0.2, 0) is 0 Å². The van der Waals surface area contributed by atoms with E-state index >= 15 is 0 Å². The summed E-state index contributed by atoms with van der Waals surface area (Å²) >= 11 is 0. The third kappa shape index (κ3) is 2.70. The lowest BCUT2D eigenvalue weighted by Gasteiger charge is -2.29. The maximum atomic E-state index is 13.3. The van der Waals surface area contributed by atoms with Gasteiger partial charge in [-0.3, -0.25) is 4.90 Å². The zero-order valence-electron chi connectivity index (χ0n) is 12.8. The summed E-state index contributed by atoms with van der Waals surface area (Å²) in [5, 5.41) is 0. The molecule has 0 spiro atoms. The maximum Gasteiger partial charge on any atom is 0.298 e. The van der Waals surface area contributed by atoms with Gasteiger partial charge in [-0.05, 0) is 50.9 Å². The third-order valence-corrected chi connectivity index (χ3v) is 4.91. The van der Waals surface area contributed by atoms with Crippen LogP contribution in [0, 0.1) is 5.82 Å². The Morgan fingerprint density at radius 2 is 1.91 bits per heavy atom. The van der Waals surface area contributed by atoms with E-state index in [1.807, 2.05) is 0 Å². The molecule has 2 aliphatic heterocycles. The molecule has 0 saturated carbocycles. The highest BCUT2D eigenvalue weighted by Crippen LogP contribution is 2.27. The summed E-state index contributed by atoms with van der Waals surface area (Å²) < 4.78 is 19.2. The summed E-state index contributed by atoms with van der Waals surface area (Å²) in [5.74, 6) is -0.266. The van der Waals surface area contributed by atoms with E-state index in [1.54, 1.807) is 6.07 Å². The van der Waals surface area contributed by atoms with Gasteiger partial charge in [0.05, 0.1) is 0 Å². The molecule has 1 unspecified atom stereocenters. The van der Waals surface area contributed by atoms with Gasteiger partial charge in [0.2, 0.25) is 0 Å². The number of fused-ring (bicyclic) bond motifs is 1. The van der Waals surface area contributed by atoms with E-state index < -0.39 is 0 Å². The Morgan fingerprint density at radius 1 is 1.09 bits per heavy atom. The van der Waals surface area contributed by atoms with Crippen LogP contribution in [0.4, 0.5) is 10.4 Å². The SMILES string of the molecule is Fc1ccc2oc(N3CCCCC(N4CCCC4)C3)nc2c1. The molecule has 2 saturated heterocycles. The maximum absolute atomic E-state index is 13.3. The summed E-state index contributed by atoms with van der Waals surface area (Å²) in [6.07, 6.45) is 6.31. The van der Waals surface area contributed by atoms with Crippen LogP contribution in [0.15, 0.2) is 22.6 Å². The molecule has 118 valence electrons. The summed E-state index contributed by atoms with van der Waals surface area (Å²) in [4.78, 5) is 9.36. The molecule has 2 fully saturated rings. The van der Waals surface area contributed by atoms with Crippen LogP contribution in [0.3, 0.4) is 0 Å². The van der Waals surface area contributed by atoms with Crippen molar-refractivity contribution in [3.8, 4) is 0 Å². The third-order valence-electron chi connectivity index (χ3n) is 4.91. The Balaban J connectivity index is 1.58. The largest absolute Gasteiger partial charge is 0.423 e. The van der Waals surface area contributed by atoms with Gasteiger partial charge in [0.25, 0.3) is 6.01 Å². The van der Waals surface area contributed by atoms with Gasteiger partial charge < -0.3 is 9.32 Å². The molecular formula is C17H22FN3O. The molecule has 4 nitrogen and oxygen atoms in total. The zero-order valence-corrected chi connectivity index (χ0v) is 12.8. The van der Waals surface area contributed by atoms with E-state index in [1.165, 1.54) is 50.9 Å². The molecule has 0 aliphatic carbocycles. The molecule has 1 atom stereocenters. The highest BCUT2D eigenvalue weighted by Gasteiger charge is 2.27. The molecule has 0 N–H and O–H groups in total. The molecule has 5 heteroatoms. The molecule has 22 heavy (non-hydrogen) atoms. The molecule has 1 aromatic heterocycles. The second-order valence-corrected chi connectivity index (χ2v) is 6.45. The second-order valence-electron chi connectivity index (χ2n) is 6.45. The molecule has 1 aromatic carbocycles. The lowest BCUT2D eigenvalue weighted by Crippen LogP contribution is -2.41. The van der Waals surface area contributed by atoms with Gasteiger partial charge in [0.15, 0.2) is 5.58 Å². The number of hydrogen-bond acceptors (Lipinski definition) is 4. The summed E-state index contributed by atoms with van der Waals surface area (Å²) in [6.45, 7) is 4.38. The number of oxazole rings is 1. The fourth-order valence-electron chi connectivity index (χ4n) is 3.72. The lowest BCUT2D eigenvalue weighted by atomic mass is 10.1. The monoisotopic (exact) mass is 303 g/mol. The number of rotatable bonds is 2. The van der Waals surface area contributed by atoms with Gasteiger partial charge in [-0.1, -0.05) is 6.42 Å². The summed E-state index contributed by atoms with van der Waals surface area (Å²) in [6, 6.07) is 5.77. The second kappa shape index (κ2) is 5.88. The van der Waals surface area contributed by atoms with E-state index in [9.17, 15) is 4.39 Å². The van der Waals surface area contributed by atoms with Crippen molar-refractivity contribution in [1.29, 1.82) is 0 Å². The zero-order chi connectivity index (χ0) is 14.9. The molecule has 4 rings (SSSR count). The Morgan fingerprint density at radius 3 is 2.77 bits per heavy atom. The smallest absolute Gasteiger partial charge is 0.298 e. The minimum absolute atomic E-state index is 0.266. The van der Waals surface area contributed by atoms with Crippen LogP contribution in [0.5, 0.6) is 0 Å². The van der Waals surface area contributed by atoms with Crippen molar-refractivity contribution in [2.24, 2.45) is 0 Å². The number of aromatic nitrogens is 1. The minimum atomic E-state index is -0.266. The van der Waals surface area contributed by atoms with Gasteiger partial charge in [-0.15, -0.1) is 0 Å². The molecule has 2 aliphatic rings. The Bertz CT molecular complexity index is 650. The van der Waals surface area contributed by atoms with Crippen molar-refractivity contribution >= 4 is 17.1 Å². The average molecular weight is 303 g/mol. The Labute approximate surface area is 129 Å². The Kier molecular flexibility index (Phi) is 3.74. The molecule has 0 amide bonds. The van der Waals surface area contributed by atoms with Gasteiger partial charge in [-0.25, -0.2) is 4.39 Å². The molecule has 0 radical (unpaired) electrons. The first-order valence-electron chi connectivity index (χ1n) is 8.35. The van der Waals surface area contributed by atoms with E-state index in [-0.39, 0.29) is 5.82 Å². The highest BCUT2D eigenvalue weighted by molar-refractivity contribution is 5.74. The highest BCUT2D eigenvalue weighted by atomic mass is 19.1. The van der Waals surface area contributed by atoms with Gasteiger partial charge in [0, 0.05) is 25.2 Å². The lowest BCUT2D eigenvalue weighted by molar-refractivity contribution is 0.235. The van der Waals surface area contributed by atoms with Gasteiger partial charge in [0.1, 0.15) is 11.3 Å². The van der Waals surface area contributed by atoms with Gasteiger partial charge >= 0.3 is 0 Å². The number of anilines is 1. The van der Waals surface area contributed by atoms with Crippen LogP contribution in [-0.4, -0.2) is 42.1 Å². The topological polar surface area (TPSA) is 32.5 Å². The molecule has 2 aromatic rings. The molecular weight excluding hydrogens is 281 g/mol. The quantitative estimate of drug-likeness (QED) is 0.851. The van der Waals surface area contributed by atoms with E-state index in [2.05, 4.69) is 14.8 Å². The van der Waals surface area contributed by atoms with E-state index in [0.29, 0.717) is 23.2 Å². The Hall–Kier alpha value is -1.62. The standard InChI is InChI=1S/C17H22FN3O/c18-13-6-7-16-15(11-13)19-17(22-16)21-10-2-1-5-14(12-21)20-8-3-4-9-20/h6-7,11,14H,1-5,8-10,12H2. The minimum Gasteiger partial charge on any atom is -0.423 e. The fraction of sp³-hybridized carbons (Fsp3) is 0.588. The van der Waals surface area contributed by atoms with Crippen LogP contribution in [0.1, 0.15) is 32.1 Å². The van der Waals surface area contributed by atoms with Crippen molar-refractivity contribution in [2.75, 3.05) is 31.1 Å². The number of nitrogens with zero attached hydrogens (tertiary/aromatic N) is 3. The number of hydrogen-bond donors (Lipinski definition) is 0. The average Bonchev–Trinajstić information content (AvgIpc) is 3.12. The van der Waals surface area contributed by atoms with Crippen LogP contribution in [0.2, 0.25) is 0 Å². The van der Waals surface area contributed by atoms with Crippen molar-refractivity contribution in [3.63, 3.8) is 0 Å². The van der Waals surface area contributed by atoms with Crippen LogP contribution >= 0.6 is 0 Å². The first kappa shape index (κ1) is 14.0. The molecule has 3 heterocycles. The van der Waals surface area contributed by atoms with E-state index in [0.717, 1.165) is 19.5 Å². The summed E-state index contributed by atoms with van der Waals surface area (Å²) in [5.41, 5.74) is 1.27. The number of likely N-dealkylation sites (tertiary alicyclic amines) is 1. The first-order chi connectivity index (χ1) is 10.8. The molecule has 0 bridgehead atoms. The van der Waals surface area contributed by atoms with Crippen molar-refractivity contribution in [3.05, 3.63) is 24.0 Å². The van der Waals surface area contributed by atoms with Gasteiger partial charge in [-0.2, -0.15) is 4.98 Å². The normalized spacial score (nSPS) is 24.0. The van der Waals surface area contributed by atoms with Crippen LogP contribution in [0.25, 0.3) is 11.1 Å². The number of benzene rings is 1. The van der Waals surface area contributed by atoms with E-state index in [4.69, 9.17) is 4.42 Å². The predicted molar refractivity (Wildman–Crippen MR) is 84.6 cm³/mol. The van der Waals surface area contributed by atoms with Crippen molar-refractivity contribution < 1.29 is 8.81 Å². The van der Waals surface area contributed by atoms with Crippen molar-refractivity contribution in [1.82, 2.24) is 9.88 Å². The van der Waals surface area contributed by atoms with Crippen molar-refractivity contribution in [2.45, 2.75) is 38.1 Å². The summed E-state index contributed by atoms with van der Waals surface area (Å²) in [7, 11) is 0.